The zero-order chi connectivity index (χ0) is 16.2. The summed E-state index contributed by atoms with van der Waals surface area (Å²) in [6.07, 6.45) is 0. The second kappa shape index (κ2) is 6.37. The van der Waals surface area contributed by atoms with Crippen LogP contribution < -0.4 is 0 Å². The fraction of sp³-hybridized carbons (Fsp3) is 0.158. The third-order valence-corrected chi connectivity index (χ3v) is 3.47. The fourth-order valence-electron chi connectivity index (χ4n) is 2.19. The van der Waals surface area contributed by atoms with Gasteiger partial charge in [0.2, 0.25) is 0 Å². The van der Waals surface area contributed by atoms with Crippen LogP contribution in [-0.2, 0) is 0 Å². The summed E-state index contributed by atoms with van der Waals surface area (Å²) >= 11 is 0. The van der Waals surface area contributed by atoms with Crippen LogP contribution >= 0.6 is 0 Å². The average Bonchev–Trinajstić information content (AvgIpc) is 2.62. The van der Waals surface area contributed by atoms with Crippen LogP contribution in [0.1, 0.15) is 31.2 Å². The molecule has 0 aliphatic rings. The van der Waals surface area contributed by atoms with Gasteiger partial charge in [-0.25, -0.2) is 15.0 Å². The van der Waals surface area contributed by atoms with Gasteiger partial charge in [0.1, 0.15) is 5.82 Å². The van der Waals surface area contributed by atoms with E-state index in [9.17, 15) is 0 Å². The molecule has 0 bridgehead atoms. The molecule has 0 aliphatic heterocycles. The topological polar surface area (TPSA) is 62.5 Å². The summed E-state index contributed by atoms with van der Waals surface area (Å²) in [4.78, 5) is 13.8. The SMILES string of the molecule is CC(C)c1nc(-c2ccccc2)nc(-c2ccc(C#N)cc2)n1. The number of nitrogens with zero attached hydrogens (tertiary/aromatic N) is 4. The Balaban J connectivity index is 2.12. The molecule has 2 aromatic carbocycles. The van der Waals surface area contributed by atoms with Gasteiger partial charge in [-0.2, -0.15) is 5.26 Å². The second-order valence-electron chi connectivity index (χ2n) is 5.55. The zero-order valence-corrected chi connectivity index (χ0v) is 13.1. The number of rotatable bonds is 3. The molecule has 3 aromatic rings. The lowest BCUT2D eigenvalue weighted by molar-refractivity contribution is 0.766. The number of benzene rings is 2. The Morgan fingerprint density at radius 3 is 1.87 bits per heavy atom. The summed E-state index contributed by atoms with van der Waals surface area (Å²) in [6, 6.07) is 19.3. The summed E-state index contributed by atoms with van der Waals surface area (Å²) in [7, 11) is 0. The van der Waals surface area contributed by atoms with E-state index in [1.54, 1.807) is 12.1 Å². The Morgan fingerprint density at radius 1 is 0.783 bits per heavy atom. The summed E-state index contributed by atoms with van der Waals surface area (Å²) in [6.45, 7) is 4.12. The van der Waals surface area contributed by atoms with Gasteiger partial charge in [0, 0.05) is 17.0 Å². The van der Waals surface area contributed by atoms with Gasteiger partial charge >= 0.3 is 0 Å². The Hall–Kier alpha value is -3.06. The van der Waals surface area contributed by atoms with Crippen LogP contribution in [0.5, 0.6) is 0 Å². The molecule has 0 fully saturated rings. The monoisotopic (exact) mass is 300 g/mol. The van der Waals surface area contributed by atoms with Crippen molar-refractivity contribution in [3.63, 3.8) is 0 Å². The molecule has 0 aliphatic carbocycles. The molecule has 23 heavy (non-hydrogen) atoms. The minimum absolute atomic E-state index is 0.206. The summed E-state index contributed by atoms with van der Waals surface area (Å²) in [5.74, 6) is 2.27. The average molecular weight is 300 g/mol. The van der Waals surface area contributed by atoms with Gasteiger partial charge in [0.05, 0.1) is 11.6 Å². The molecule has 0 saturated carbocycles. The highest BCUT2D eigenvalue weighted by Crippen LogP contribution is 2.22. The van der Waals surface area contributed by atoms with Crippen molar-refractivity contribution in [3.8, 4) is 28.8 Å². The van der Waals surface area contributed by atoms with Crippen molar-refractivity contribution in [3.05, 3.63) is 66.0 Å². The van der Waals surface area contributed by atoms with E-state index >= 15 is 0 Å². The molecule has 0 atom stereocenters. The molecule has 0 radical (unpaired) electrons. The molecule has 0 spiro atoms. The predicted octanol–water partition coefficient (Wildman–Crippen LogP) is 4.20. The molecule has 0 N–H and O–H groups in total. The first-order valence-electron chi connectivity index (χ1n) is 7.49. The molecule has 0 unspecified atom stereocenters. The summed E-state index contributed by atoms with van der Waals surface area (Å²) in [5, 5.41) is 8.92. The van der Waals surface area contributed by atoms with E-state index in [0.29, 0.717) is 17.2 Å². The first-order valence-corrected chi connectivity index (χ1v) is 7.49. The van der Waals surface area contributed by atoms with Crippen molar-refractivity contribution in [2.24, 2.45) is 0 Å². The van der Waals surface area contributed by atoms with Crippen LogP contribution in [0.15, 0.2) is 54.6 Å². The minimum atomic E-state index is 0.206. The Bertz CT molecular complexity index is 847. The predicted molar refractivity (Wildman–Crippen MR) is 89.5 cm³/mol. The third kappa shape index (κ3) is 3.24. The largest absolute Gasteiger partial charge is 0.213 e. The molecule has 4 heteroatoms. The van der Waals surface area contributed by atoms with Crippen LogP contribution in [0.3, 0.4) is 0 Å². The Morgan fingerprint density at radius 2 is 1.35 bits per heavy atom. The normalized spacial score (nSPS) is 10.5. The molecule has 0 amide bonds. The molecule has 0 saturated heterocycles. The van der Waals surface area contributed by atoms with Crippen LogP contribution in [0.25, 0.3) is 22.8 Å². The zero-order valence-electron chi connectivity index (χ0n) is 13.1. The van der Waals surface area contributed by atoms with Crippen molar-refractivity contribution >= 4 is 0 Å². The van der Waals surface area contributed by atoms with Crippen LogP contribution in [0, 0.1) is 11.3 Å². The molecule has 1 heterocycles. The van der Waals surface area contributed by atoms with E-state index in [2.05, 4.69) is 34.9 Å². The number of hydrogen-bond donors (Lipinski definition) is 0. The maximum atomic E-state index is 8.92. The Kier molecular flexibility index (Phi) is 4.11. The van der Waals surface area contributed by atoms with Crippen LogP contribution in [-0.4, -0.2) is 15.0 Å². The number of nitriles is 1. The van der Waals surface area contributed by atoms with Gasteiger partial charge < -0.3 is 0 Å². The molecule has 1 aromatic heterocycles. The van der Waals surface area contributed by atoms with Crippen LogP contribution in [0.2, 0.25) is 0 Å². The van der Waals surface area contributed by atoms with Gasteiger partial charge in [-0.3, -0.25) is 0 Å². The maximum Gasteiger partial charge on any atom is 0.163 e. The van der Waals surface area contributed by atoms with Gasteiger partial charge in [-0.1, -0.05) is 44.2 Å². The highest BCUT2D eigenvalue weighted by atomic mass is 15.0. The van der Waals surface area contributed by atoms with Crippen molar-refractivity contribution in [1.29, 1.82) is 5.26 Å². The van der Waals surface area contributed by atoms with Gasteiger partial charge in [-0.15, -0.1) is 0 Å². The third-order valence-electron chi connectivity index (χ3n) is 3.47. The van der Waals surface area contributed by atoms with Crippen molar-refractivity contribution < 1.29 is 0 Å². The van der Waals surface area contributed by atoms with Gasteiger partial charge in [0.15, 0.2) is 11.6 Å². The number of hydrogen-bond acceptors (Lipinski definition) is 4. The molecular formula is C19H16N4. The first kappa shape index (κ1) is 14.9. The molecular weight excluding hydrogens is 284 g/mol. The van der Waals surface area contributed by atoms with E-state index in [1.165, 1.54) is 0 Å². The lowest BCUT2D eigenvalue weighted by atomic mass is 10.1. The lowest BCUT2D eigenvalue weighted by Gasteiger charge is -2.09. The highest BCUT2D eigenvalue weighted by molar-refractivity contribution is 5.61. The fourth-order valence-corrected chi connectivity index (χ4v) is 2.19. The molecule has 3 rings (SSSR count). The Labute approximate surface area is 135 Å². The lowest BCUT2D eigenvalue weighted by Crippen LogP contribution is -2.04. The van der Waals surface area contributed by atoms with E-state index < -0.39 is 0 Å². The number of aromatic nitrogens is 3. The van der Waals surface area contributed by atoms with Gasteiger partial charge in [0.25, 0.3) is 0 Å². The quantitative estimate of drug-likeness (QED) is 0.727. The van der Waals surface area contributed by atoms with Crippen LogP contribution in [0.4, 0.5) is 0 Å². The van der Waals surface area contributed by atoms with Crippen molar-refractivity contribution in [2.75, 3.05) is 0 Å². The minimum Gasteiger partial charge on any atom is -0.213 e. The maximum absolute atomic E-state index is 8.92. The van der Waals surface area contributed by atoms with Crippen molar-refractivity contribution in [1.82, 2.24) is 15.0 Å². The van der Waals surface area contributed by atoms with E-state index in [-0.39, 0.29) is 5.92 Å². The summed E-state index contributed by atoms with van der Waals surface area (Å²) in [5.41, 5.74) is 2.47. The van der Waals surface area contributed by atoms with E-state index in [4.69, 9.17) is 5.26 Å². The smallest absolute Gasteiger partial charge is 0.163 e. The first-order chi connectivity index (χ1) is 11.2. The second-order valence-corrected chi connectivity index (χ2v) is 5.55. The molecule has 4 nitrogen and oxygen atoms in total. The van der Waals surface area contributed by atoms with Gasteiger partial charge in [-0.05, 0) is 24.3 Å². The van der Waals surface area contributed by atoms with Crippen molar-refractivity contribution in [2.45, 2.75) is 19.8 Å². The molecule has 112 valence electrons. The van der Waals surface area contributed by atoms with E-state index in [0.717, 1.165) is 17.0 Å². The standard InChI is InChI=1S/C19H16N4/c1-13(2)17-21-18(15-6-4-3-5-7-15)23-19(22-17)16-10-8-14(12-20)9-11-16/h3-11,13H,1-2H3. The van der Waals surface area contributed by atoms with E-state index in [1.807, 2.05) is 42.5 Å². The summed E-state index contributed by atoms with van der Waals surface area (Å²) < 4.78 is 0. The highest BCUT2D eigenvalue weighted by Gasteiger charge is 2.12.